The fraction of sp³-hybridized carbons (Fsp3) is 0.621. The third-order valence-corrected chi connectivity index (χ3v) is 8.23. The largest absolute Gasteiger partial charge is 0.444 e. The lowest BCUT2D eigenvalue weighted by molar-refractivity contribution is -0.141. The predicted octanol–water partition coefficient (Wildman–Crippen LogP) is 4.98. The van der Waals surface area contributed by atoms with E-state index in [4.69, 9.17) is 9.47 Å². The van der Waals surface area contributed by atoms with Gasteiger partial charge in [0.1, 0.15) is 24.1 Å². The molecule has 0 aliphatic rings. The number of nitrogens with zero attached hydrogens (tertiary/aromatic N) is 6. The van der Waals surface area contributed by atoms with E-state index in [0.29, 0.717) is 12.2 Å². The van der Waals surface area contributed by atoms with Crippen molar-refractivity contribution in [2.75, 3.05) is 6.61 Å². The molecule has 0 saturated heterocycles. The lowest BCUT2D eigenvalue weighted by atomic mass is 10.0. The van der Waals surface area contributed by atoms with Crippen molar-refractivity contribution in [3.63, 3.8) is 0 Å². The van der Waals surface area contributed by atoms with Gasteiger partial charge in [-0.25, -0.2) is 13.9 Å². The van der Waals surface area contributed by atoms with Gasteiger partial charge in [-0.3, -0.25) is 14.2 Å². The van der Waals surface area contributed by atoms with Crippen molar-refractivity contribution < 1.29 is 36.6 Å². The molecule has 0 spiro atoms. The number of aromatic nitrogens is 6. The summed E-state index contributed by atoms with van der Waals surface area (Å²) in [6, 6.07) is 0.459. The number of carbonyl (C=O) groups is 2. The lowest BCUT2D eigenvalue weighted by Crippen LogP contribution is -2.55. The van der Waals surface area contributed by atoms with Gasteiger partial charge in [0.15, 0.2) is 11.5 Å². The third-order valence-electron chi connectivity index (χ3n) is 6.53. The van der Waals surface area contributed by atoms with Gasteiger partial charge in [-0.2, -0.15) is 28.5 Å². The molecule has 17 heteroatoms. The van der Waals surface area contributed by atoms with E-state index >= 15 is 4.39 Å². The Kier molecular flexibility index (Phi) is 11.1. The standard InChI is InChI=1S/C29H44F4N8O4Si/c1-27(2,3)45-26(43)36-21(12-19-14-34-39(6)16-19)25(42)37-28(4,5)17-40-22(13-23(38-40)29(31,32)33)24-20(30)15-35-41(24)18-44-10-11-46(7,8)9/h13-16,21H,10-12,17-18H2,1-9H3,(H,36,43)(H,37,42)/t21-/m1/s1. The monoisotopic (exact) mass is 672 g/mol. The highest BCUT2D eigenvalue weighted by Gasteiger charge is 2.37. The Bertz CT molecular complexity index is 1500. The van der Waals surface area contributed by atoms with Gasteiger partial charge in [-0.15, -0.1) is 0 Å². The van der Waals surface area contributed by atoms with Gasteiger partial charge in [-0.1, -0.05) is 19.6 Å². The maximum absolute atomic E-state index is 15.1. The summed E-state index contributed by atoms with van der Waals surface area (Å²) < 4.78 is 71.3. The van der Waals surface area contributed by atoms with E-state index in [9.17, 15) is 22.8 Å². The van der Waals surface area contributed by atoms with E-state index < -0.39 is 54.9 Å². The number of hydrogen-bond donors (Lipinski definition) is 2. The summed E-state index contributed by atoms with van der Waals surface area (Å²) in [5.41, 5.74) is -3.09. The molecule has 0 unspecified atom stereocenters. The molecular weight excluding hydrogens is 628 g/mol. The van der Waals surface area contributed by atoms with Crippen molar-refractivity contribution >= 4 is 20.1 Å². The molecule has 3 heterocycles. The van der Waals surface area contributed by atoms with Crippen LogP contribution in [0.3, 0.4) is 0 Å². The lowest BCUT2D eigenvalue weighted by Gasteiger charge is -2.30. The Balaban J connectivity index is 1.88. The normalized spacial score (nSPS) is 13.5. The van der Waals surface area contributed by atoms with Crippen LogP contribution in [-0.4, -0.2) is 73.2 Å². The van der Waals surface area contributed by atoms with Crippen molar-refractivity contribution in [1.82, 2.24) is 40.0 Å². The van der Waals surface area contributed by atoms with Crippen molar-refractivity contribution in [1.29, 1.82) is 0 Å². The van der Waals surface area contributed by atoms with E-state index in [1.807, 2.05) is 0 Å². The molecule has 3 aromatic rings. The van der Waals surface area contributed by atoms with Crippen LogP contribution in [0.4, 0.5) is 22.4 Å². The fourth-order valence-electron chi connectivity index (χ4n) is 4.42. The second kappa shape index (κ2) is 13.9. The van der Waals surface area contributed by atoms with Crippen LogP contribution < -0.4 is 10.6 Å². The van der Waals surface area contributed by atoms with Crippen LogP contribution in [0.15, 0.2) is 24.7 Å². The summed E-state index contributed by atoms with van der Waals surface area (Å²) in [5, 5.41) is 17.2. The van der Waals surface area contributed by atoms with Gasteiger partial charge < -0.3 is 20.1 Å². The number of hydrogen-bond acceptors (Lipinski definition) is 7. The summed E-state index contributed by atoms with van der Waals surface area (Å²) in [7, 11) is 0.282. The topological polar surface area (TPSA) is 130 Å². The highest BCUT2D eigenvalue weighted by atomic mass is 28.3. The number of aryl methyl sites for hydroxylation is 1. The average molecular weight is 673 g/mol. The van der Waals surface area contributed by atoms with Crippen molar-refractivity contribution in [3.8, 4) is 11.4 Å². The highest BCUT2D eigenvalue weighted by molar-refractivity contribution is 6.76. The number of amides is 2. The Hall–Kier alpha value is -3.73. The minimum atomic E-state index is -4.82. The molecule has 2 amide bonds. The summed E-state index contributed by atoms with van der Waals surface area (Å²) in [4.78, 5) is 26.2. The molecule has 0 aromatic carbocycles. The number of carbonyl (C=O) groups excluding carboxylic acids is 2. The van der Waals surface area contributed by atoms with Gasteiger partial charge in [0.25, 0.3) is 0 Å². The second-order valence-corrected chi connectivity index (χ2v) is 19.7. The summed E-state index contributed by atoms with van der Waals surface area (Å²) in [5.74, 6) is -1.49. The van der Waals surface area contributed by atoms with Crippen LogP contribution in [0.2, 0.25) is 25.7 Å². The van der Waals surface area contributed by atoms with Gasteiger partial charge in [0.2, 0.25) is 5.91 Å². The molecule has 12 nitrogen and oxygen atoms in total. The van der Waals surface area contributed by atoms with Gasteiger partial charge >= 0.3 is 12.3 Å². The fourth-order valence-corrected chi connectivity index (χ4v) is 5.17. The Morgan fingerprint density at radius 1 is 1.04 bits per heavy atom. The van der Waals surface area contributed by atoms with Gasteiger partial charge in [0, 0.05) is 34.3 Å². The van der Waals surface area contributed by atoms with Crippen molar-refractivity contribution in [2.24, 2.45) is 7.05 Å². The first kappa shape index (κ1) is 36.7. The van der Waals surface area contributed by atoms with Crippen molar-refractivity contribution in [3.05, 3.63) is 41.7 Å². The van der Waals surface area contributed by atoms with Crippen LogP contribution in [0, 0.1) is 5.82 Å². The quantitative estimate of drug-likeness (QED) is 0.149. The predicted molar refractivity (Wildman–Crippen MR) is 165 cm³/mol. The Labute approximate surface area is 266 Å². The third kappa shape index (κ3) is 11.0. The zero-order chi connectivity index (χ0) is 34.7. The van der Waals surface area contributed by atoms with Crippen LogP contribution in [0.5, 0.6) is 0 Å². The van der Waals surface area contributed by atoms with E-state index in [0.717, 1.165) is 27.7 Å². The molecule has 46 heavy (non-hydrogen) atoms. The van der Waals surface area contributed by atoms with E-state index in [1.165, 1.54) is 0 Å². The maximum atomic E-state index is 15.1. The number of nitrogens with one attached hydrogen (secondary N) is 2. The molecule has 3 rings (SSSR count). The number of alkyl carbamates (subject to hydrolysis) is 1. The zero-order valence-corrected chi connectivity index (χ0v) is 28.8. The molecule has 1 atom stereocenters. The number of rotatable bonds is 13. The average Bonchev–Trinajstić information content (AvgIpc) is 3.57. The molecule has 256 valence electrons. The Morgan fingerprint density at radius 3 is 2.28 bits per heavy atom. The number of ether oxygens (including phenoxy) is 2. The van der Waals surface area contributed by atoms with Crippen LogP contribution in [0.25, 0.3) is 11.4 Å². The molecule has 0 aliphatic carbocycles. The van der Waals surface area contributed by atoms with E-state index in [2.05, 4.69) is 45.6 Å². The first-order valence-corrected chi connectivity index (χ1v) is 18.5. The molecule has 3 aromatic heterocycles. The van der Waals surface area contributed by atoms with E-state index in [1.54, 1.807) is 58.7 Å². The molecule has 2 N–H and O–H groups in total. The molecule has 0 bridgehead atoms. The minimum Gasteiger partial charge on any atom is -0.444 e. The number of alkyl halides is 3. The van der Waals surface area contributed by atoms with Crippen LogP contribution in [-0.2, 0) is 47.2 Å². The SMILES string of the molecule is Cn1cc(C[C@@H](NC(=O)OC(C)(C)C)C(=O)NC(C)(C)Cn2nc(C(F)(F)F)cc2-c2c(F)cnn2COCC[Si](C)(C)C)cn1. The Morgan fingerprint density at radius 2 is 1.72 bits per heavy atom. The summed E-state index contributed by atoms with van der Waals surface area (Å²) >= 11 is 0. The van der Waals surface area contributed by atoms with Crippen molar-refractivity contribution in [2.45, 2.75) is 103 Å². The zero-order valence-electron chi connectivity index (χ0n) is 27.8. The molecular formula is C29H44F4N8O4Si. The minimum absolute atomic E-state index is 0.0579. The molecule has 0 radical (unpaired) electrons. The second-order valence-electron chi connectivity index (χ2n) is 14.1. The smallest absolute Gasteiger partial charge is 0.435 e. The van der Waals surface area contributed by atoms with Crippen LogP contribution >= 0.6 is 0 Å². The number of halogens is 4. The highest BCUT2D eigenvalue weighted by Crippen LogP contribution is 2.33. The molecule has 0 fully saturated rings. The summed E-state index contributed by atoms with van der Waals surface area (Å²) in [6.45, 7) is 14.6. The van der Waals surface area contributed by atoms with Gasteiger partial charge in [-0.05, 0) is 52.3 Å². The first-order chi connectivity index (χ1) is 21.0. The maximum Gasteiger partial charge on any atom is 0.435 e. The first-order valence-electron chi connectivity index (χ1n) is 14.8. The van der Waals surface area contributed by atoms with Gasteiger partial charge in [0.05, 0.1) is 30.2 Å². The van der Waals surface area contributed by atoms with E-state index in [-0.39, 0.29) is 31.1 Å². The summed E-state index contributed by atoms with van der Waals surface area (Å²) in [6.07, 6.45) is -1.46. The van der Waals surface area contributed by atoms with Crippen LogP contribution in [0.1, 0.15) is 45.9 Å². The molecule has 0 aliphatic heterocycles. The molecule has 0 saturated carbocycles.